The average molecular weight is 348 g/mol. The maximum Gasteiger partial charge on any atom is 0.123 e. The molecule has 3 atom stereocenters. The minimum Gasteiger partial charge on any atom is -0.378 e. The van der Waals surface area contributed by atoms with Gasteiger partial charge in [0.15, 0.2) is 0 Å². The van der Waals surface area contributed by atoms with E-state index in [4.69, 9.17) is 9.47 Å². The number of aromatic nitrogens is 2. The molecule has 2 saturated carbocycles. The van der Waals surface area contributed by atoms with E-state index in [1.165, 1.54) is 18.7 Å². The molecule has 5 heteroatoms. The van der Waals surface area contributed by atoms with Crippen molar-refractivity contribution < 1.29 is 9.47 Å². The van der Waals surface area contributed by atoms with Crippen LogP contribution < -0.4 is 0 Å². The van der Waals surface area contributed by atoms with Gasteiger partial charge in [-0.15, -0.1) is 0 Å². The highest BCUT2D eigenvalue weighted by Crippen LogP contribution is 2.44. The van der Waals surface area contributed by atoms with Gasteiger partial charge in [0.1, 0.15) is 5.82 Å². The van der Waals surface area contributed by atoms with E-state index in [1.54, 1.807) is 0 Å². The Kier molecular flexibility index (Phi) is 4.91. The highest BCUT2D eigenvalue weighted by molar-refractivity contribution is 5.07. The third kappa shape index (κ3) is 3.51. The smallest absolute Gasteiger partial charge is 0.123 e. The third-order valence-corrected chi connectivity index (χ3v) is 6.57. The minimum absolute atomic E-state index is 0.0225. The fraction of sp³-hybridized carbons (Fsp3) is 0.850. The first kappa shape index (κ1) is 17.5. The van der Waals surface area contributed by atoms with Gasteiger partial charge < -0.3 is 14.0 Å². The zero-order valence-corrected chi connectivity index (χ0v) is 16.0. The van der Waals surface area contributed by atoms with Crippen LogP contribution in [-0.2, 0) is 16.0 Å². The van der Waals surface area contributed by atoms with Crippen LogP contribution in [0.3, 0.4) is 0 Å². The summed E-state index contributed by atoms with van der Waals surface area (Å²) >= 11 is 0. The molecule has 0 spiro atoms. The second-order valence-corrected chi connectivity index (χ2v) is 8.52. The zero-order valence-electron chi connectivity index (χ0n) is 16.0. The van der Waals surface area contributed by atoms with E-state index in [2.05, 4.69) is 34.5 Å². The van der Waals surface area contributed by atoms with Gasteiger partial charge in [-0.1, -0.05) is 0 Å². The predicted octanol–water partition coefficient (Wildman–Crippen LogP) is 3.40. The second-order valence-electron chi connectivity index (χ2n) is 8.52. The molecule has 25 heavy (non-hydrogen) atoms. The van der Waals surface area contributed by atoms with Gasteiger partial charge >= 0.3 is 0 Å². The minimum atomic E-state index is 0.0225. The molecule has 1 aliphatic heterocycles. The van der Waals surface area contributed by atoms with Crippen LogP contribution in [0.2, 0.25) is 0 Å². The molecule has 0 unspecified atom stereocenters. The molecule has 2 aliphatic carbocycles. The van der Waals surface area contributed by atoms with Crippen LogP contribution in [0.15, 0.2) is 12.4 Å². The first-order chi connectivity index (χ1) is 12.1. The van der Waals surface area contributed by atoms with E-state index in [0.717, 1.165) is 51.3 Å². The van der Waals surface area contributed by atoms with Crippen molar-refractivity contribution in [2.75, 3.05) is 20.3 Å². The van der Waals surface area contributed by atoms with Gasteiger partial charge in [-0.05, 0) is 58.3 Å². The van der Waals surface area contributed by atoms with E-state index in [1.807, 2.05) is 13.3 Å². The van der Waals surface area contributed by atoms with E-state index in [0.29, 0.717) is 18.2 Å². The van der Waals surface area contributed by atoms with Crippen LogP contribution in [0.25, 0.3) is 0 Å². The van der Waals surface area contributed by atoms with Gasteiger partial charge in [-0.25, -0.2) is 4.98 Å². The molecule has 1 saturated heterocycles. The number of fused-ring (bicyclic) bond motifs is 1. The third-order valence-electron chi connectivity index (χ3n) is 6.57. The van der Waals surface area contributed by atoms with Crippen molar-refractivity contribution in [2.45, 2.75) is 82.7 Å². The SMILES string of the molecule is CO[C@@]12CC[C@H](OCC3CC3)C[C@@H]1N(Cc1nccn1C(C)C)CC2. The number of ether oxygens (including phenoxy) is 2. The molecule has 140 valence electrons. The van der Waals surface area contributed by atoms with Gasteiger partial charge in [0.25, 0.3) is 0 Å². The van der Waals surface area contributed by atoms with Crippen molar-refractivity contribution in [2.24, 2.45) is 5.92 Å². The topological polar surface area (TPSA) is 39.5 Å². The molecular weight excluding hydrogens is 314 g/mol. The average Bonchev–Trinajstić information content (AvgIpc) is 3.21. The molecule has 0 amide bonds. The molecule has 1 aromatic heterocycles. The summed E-state index contributed by atoms with van der Waals surface area (Å²) in [5, 5.41) is 0. The lowest BCUT2D eigenvalue weighted by Gasteiger charge is -2.43. The Hall–Kier alpha value is -0.910. The highest BCUT2D eigenvalue weighted by atomic mass is 16.5. The fourth-order valence-corrected chi connectivity index (χ4v) is 4.77. The molecule has 4 rings (SSSR count). The Morgan fingerprint density at radius 3 is 2.84 bits per heavy atom. The summed E-state index contributed by atoms with van der Waals surface area (Å²) in [7, 11) is 1.90. The Morgan fingerprint density at radius 1 is 1.28 bits per heavy atom. The molecule has 5 nitrogen and oxygen atoms in total. The Labute approximate surface area is 151 Å². The van der Waals surface area contributed by atoms with Gasteiger partial charge in [-0.2, -0.15) is 0 Å². The van der Waals surface area contributed by atoms with Gasteiger partial charge in [-0.3, -0.25) is 4.90 Å². The Morgan fingerprint density at radius 2 is 2.12 bits per heavy atom. The van der Waals surface area contributed by atoms with Gasteiger partial charge in [0, 0.05) is 44.7 Å². The van der Waals surface area contributed by atoms with Crippen molar-refractivity contribution in [1.82, 2.24) is 14.5 Å². The fourth-order valence-electron chi connectivity index (χ4n) is 4.77. The Balaban J connectivity index is 1.45. The molecule has 3 aliphatic rings. The number of likely N-dealkylation sites (tertiary alicyclic amines) is 1. The van der Waals surface area contributed by atoms with Crippen LogP contribution in [-0.4, -0.2) is 52.5 Å². The van der Waals surface area contributed by atoms with E-state index < -0.39 is 0 Å². The van der Waals surface area contributed by atoms with Gasteiger partial charge in [0.2, 0.25) is 0 Å². The molecule has 0 N–H and O–H groups in total. The molecule has 0 bridgehead atoms. The number of methoxy groups -OCH3 is 1. The number of rotatable bonds is 7. The first-order valence-corrected chi connectivity index (χ1v) is 10.0. The summed E-state index contributed by atoms with van der Waals surface area (Å²) in [5.41, 5.74) is 0.0225. The van der Waals surface area contributed by atoms with E-state index in [9.17, 15) is 0 Å². The molecule has 0 aromatic carbocycles. The van der Waals surface area contributed by atoms with Crippen LogP contribution in [0, 0.1) is 5.92 Å². The molecule has 2 heterocycles. The van der Waals surface area contributed by atoms with Crippen molar-refractivity contribution in [1.29, 1.82) is 0 Å². The number of hydrogen-bond acceptors (Lipinski definition) is 4. The summed E-state index contributed by atoms with van der Waals surface area (Å²) in [6.45, 7) is 7.41. The number of imidazole rings is 1. The maximum absolute atomic E-state index is 6.25. The van der Waals surface area contributed by atoms with E-state index in [-0.39, 0.29) is 5.60 Å². The lowest BCUT2D eigenvalue weighted by molar-refractivity contribution is -0.103. The highest BCUT2D eigenvalue weighted by Gasteiger charge is 2.51. The molecule has 3 fully saturated rings. The normalized spacial score (nSPS) is 33.1. The maximum atomic E-state index is 6.25. The van der Waals surface area contributed by atoms with Gasteiger partial charge in [0.05, 0.1) is 18.2 Å². The van der Waals surface area contributed by atoms with Crippen LogP contribution >= 0.6 is 0 Å². The summed E-state index contributed by atoms with van der Waals surface area (Å²) < 4.78 is 14.6. The standard InChI is InChI=1S/C20H33N3O2/c1-15(2)23-11-9-21-19(23)13-22-10-8-20(24-3)7-6-17(12-18(20)22)25-14-16-4-5-16/h9,11,15-18H,4-8,10,12-14H2,1-3H3/t17-,18-,20+/m0/s1. The molecular formula is C20H33N3O2. The summed E-state index contributed by atoms with van der Waals surface area (Å²) in [4.78, 5) is 7.22. The van der Waals surface area contributed by atoms with Crippen LogP contribution in [0.4, 0.5) is 0 Å². The quantitative estimate of drug-likeness (QED) is 0.758. The van der Waals surface area contributed by atoms with Crippen molar-refractivity contribution in [3.05, 3.63) is 18.2 Å². The zero-order chi connectivity index (χ0) is 17.4. The van der Waals surface area contributed by atoms with Crippen molar-refractivity contribution >= 4 is 0 Å². The monoisotopic (exact) mass is 347 g/mol. The second kappa shape index (κ2) is 7.01. The summed E-state index contributed by atoms with van der Waals surface area (Å²) in [5.74, 6) is 2.01. The number of hydrogen-bond donors (Lipinski definition) is 0. The lowest BCUT2D eigenvalue weighted by Crippen LogP contribution is -2.51. The lowest BCUT2D eigenvalue weighted by atomic mass is 9.79. The van der Waals surface area contributed by atoms with Crippen molar-refractivity contribution in [3.63, 3.8) is 0 Å². The van der Waals surface area contributed by atoms with Crippen molar-refractivity contribution in [3.8, 4) is 0 Å². The Bertz CT molecular complexity index is 583. The molecule has 0 radical (unpaired) electrons. The summed E-state index contributed by atoms with van der Waals surface area (Å²) in [6, 6.07) is 0.904. The van der Waals surface area contributed by atoms with E-state index >= 15 is 0 Å². The van der Waals surface area contributed by atoms with Crippen LogP contribution in [0.1, 0.15) is 64.2 Å². The number of nitrogens with zero attached hydrogens (tertiary/aromatic N) is 3. The molecule has 1 aromatic rings. The summed E-state index contributed by atoms with van der Waals surface area (Å²) in [6.07, 6.45) is 11.7. The largest absolute Gasteiger partial charge is 0.378 e. The predicted molar refractivity (Wildman–Crippen MR) is 97.5 cm³/mol. The van der Waals surface area contributed by atoms with Crippen LogP contribution in [0.5, 0.6) is 0 Å². The first-order valence-electron chi connectivity index (χ1n) is 10.0.